The molecule has 0 radical (unpaired) electrons. The minimum atomic E-state index is -1.10. The minimum absolute atomic E-state index is 0.431. The van der Waals surface area contributed by atoms with Gasteiger partial charge in [-0.1, -0.05) is 12.1 Å². The van der Waals surface area contributed by atoms with Gasteiger partial charge in [-0.3, -0.25) is 14.5 Å². The van der Waals surface area contributed by atoms with Gasteiger partial charge >= 0.3 is 5.97 Å². The van der Waals surface area contributed by atoms with E-state index < -0.39 is 30.6 Å². The molecule has 0 bridgehead atoms. The molecule has 0 fully saturated rings. The molecular weight excluding hydrogens is 236 g/mol. The lowest BCUT2D eigenvalue weighted by Gasteiger charge is -2.21. The molecule has 0 saturated heterocycles. The molecule has 18 heavy (non-hydrogen) atoms. The van der Waals surface area contributed by atoms with E-state index in [-0.39, 0.29) is 0 Å². The van der Waals surface area contributed by atoms with Crippen molar-refractivity contribution in [2.45, 2.75) is 19.1 Å². The fourth-order valence-corrected chi connectivity index (χ4v) is 1.85. The SMILES string of the molecule is C[C@@H]1Oc2ccccc2N(CC(=O)O)C(=O)C1N. The van der Waals surface area contributed by atoms with Crippen LogP contribution in [0.2, 0.25) is 0 Å². The first-order chi connectivity index (χ1) is 8.50. The van der Waals surface area contributed by atoms with Gasteiger partial charge in [-0.05, 0) is 19.1 Å². The highest BCUT2D eigenvalue weighted by atomic mass is 16.5. The predicted molar refractivity (Wildman–Crippen MR) is 64.5 cm³/mol. The second-order valence-electron chi connectivity index (χ2n) is 4.13. The van der Waals surface area contributed by atoms with Gasteiger partial charge in [0.05, 0.1) is 5.69 Å². The molecule has 96 valence electrons. The molecule has 0 spiro atoms. The van der Waals surface area contributed by atoms with Gasteiger partial charge < -0.3 is 15.6 Å². The third-order valence-electron chi connectivity index (χ3n) is 2.82. The van der Waals surface area contributed by atoms with E-state index in [2.05, 4.69) is 0 Å². The summed E-state index contributed by atoms with van der Waals surface area (Å²) in [6.07, 6.45) is -0.502. The minimum Gasteiger partial charge on any atom is -0.486 e. The molecule has 2 rings (SSSR count). The lowest BCUT2D eigenvalue weighted by molar-refractivity contribution is -0.136. The van der Waals surface area contributed by atoms with Crippen molar-refractivity contribution >= 4 is 17.6 Å². The van der Waals surface area contributed by atoms with E-state index in [0.29, 0.717) is 11.4 Å². The van der Waals surface area contributed by atoms with Crippen LogP contribution in [0.5, 0.6) is 5.75 Å². The summed E-state index contributed by atoms with van der Waals surface area (Å²) in [4.78, 5) is 24.1. The van der Waals surface area contributed by atoms with Gasteiger partial charge in [0.1, 0.15) is 24.4 Å². The van der Waals surface area contributed by atoms with Crippen LogP contribution in [0.4, 0.5) is 5.69 Å². The number of hydrogen-bond donors (Lipinski definition) is 2. The summed E-state index contributed by atoms with van der Waals surface area (Å²) in [7, 11) is 0. The Labute approximate surface area is 104 Å². The first-order valence-corrected chi connectivity index (χ1v) is 5.55. The Kier molecular flexibility index (Phi) is 3.20. The Hall–Kier alpha value is -2.08. The molecule has 0 aliphatic carbocycles. The Morgan fingerprint density at radius 2 is 2.17 bits per heavy atom. The Morgan fingerprint density at radius 3 is 2.83 bits per heavy atom. The zero-order valence-corrected chi connectivity index (χ0v) is 9.87. The molecule has 2 atom stereocenters. The van der Waals surface area contributed by atoms with E-state index in [1.807, 2.05) is 0 Å². The van der Waals surface area contributed by atoms with Crippen molar-refractivity contribution in [1.82, 2.24) is 0 Å². The fraction of sp³-hybridized carbons (Fsp3) is 0.333. The number of benzene rings is 1. The number of aliphatic carboxylic acids is 1. The normalized spacial score (nSPS) is 23.0. The van der Waals surface area contributed by atoms with Gasteiger partial charge in [0.25, 0.3) is 0 Å². The Morgan fingerprint density at radius 1 is 1.50 bits per heavy atom. The third-order valence-corrected chi connectivity index (χ3v) is 2.82. The largest absolute Gasteiger partial charge is 0.486 e. The summed E-state index contributed by atoms with van der Waals surface area (Å²) in [6.45, 7) is 1.25. The smallest absolute Gasteiger partial charge is 0.323 e. The molecule has 0 saturated carbocycles. The van der Waals surface area contributed by atoms with Gasteiger partial charge in [-0.25, -0.2) is 0 Å². The van der Waals surface area contributed by atoms with Crippen molar-refractivity contribution in [3.63, 3.8) is 0 Å². The van der Waals surface area contributed by atoms with E-state index in [0.717, 1.165) is 4.90 Å². The molecular formula is C12H14N2O4. The zero-order chi connectivity index (χ0) is 13.3. The number of fused-ring (bicyclic) bond motifs is 1. The molecule has 1 aromatic carbocycles. The van der Waals surface area contributed by atoms with Crippen LogP contribution in [-0.4, -0.2) is 35.7 Å². The van der Waals surface area contributed by atoms with E-state index in [1.54, 1.807) is 31.2 Å². The number of carboxylic acid groups (broad SMARTS) is 1. The van der Waals surface area contributed by atoms with Crippen molar-refractivity contribution in [2.24, 2.45) is 5.73 Å². The van der Waals surface area contributed by atoms with E-state index >= 15 is 0 Å². The predicted octanol–water partition coefficient (Wildman–Crippen LogP) is 0.212. The van der Waals surface area contributed by atoms with Crippen molar-refractivity contribution < 1.29 is 19.4 Å². The molecule has 6 nitrogen and oxygen atoms in total. The van der Waals surface area contributed by atoms with Crippen molar-refractivity contribution in [1.29, 1.82) is 0 Å². The number of anilines is 1. The van der Waals surface area contributed by atoms with E-state index in [4.69, 9.17) is 15.6 Å². The van der Waals surface area contributed by atoms with Gasteiger partial charge in [0, 0.05) is 0 Å². The molecule has 1 amide bonds. The Bertz CT molecular complexity index is 489. The van der Waals surface area contributed by atoms with Gasteiger partial charge in [-0.15, -0.1) is 0 Å². The highest BCUT2D eigenvalue weighted by Crippen LogP contribution is 2.32. The number of nitrogens with two attached hydrogens (primary N) is 1. The summed E-state index contributed by atoms with van der Waals surface area (Å²) in [5.74, 6) is -1.08. The maximum atomic E-state index is 12.1. The van der Waals surface area contributed by atoms with Crippen molar-refractivity contribution in [3.8, 4) is 5.75 Å². The average molecular weight is 250 g/mol. The molecule has 1 aliphatic rings. The number of nitrogens with zero attached hydrogens (tertiary/aromatic N) is 1. The summed E-state index contributed by atoms with van der Waals surface area (Å²) < 4.78 is 5.57. The molecule has 0 aromatic heterocycles. The number of para-hydroxylation sites is 2. The van der Waals surface area contributed by atoms with E-state index in [1.165, 1.54) is 0 Å². The Balaban J connectivity index is 2.47. The first-order valence-electron chi connectivity index (χ1n) is 5.55. The second-order valence-corrected chi connectivity index (χ2v) is 4.13. The summed E-state index contributed by atoms with van der Waals surface area (Å²) >= 11 is 0. The number of carboxylic acids is 1. The lowest BCUT2D eigenvalue weighted by atomic mass is 10.1. The topological polar surface area (TPSA) is 92.9 Å². The highest BCUT2D eigenvalue weighted by Gasteiger charge is 2.34. The number of rotatable bonds is 2. The number of carbonyl (C=O) groups is 2. The third kappa shape index (κ3) is 2.14. The van der Waals surface area contributed by atoms with Gasteiger partial charge in [-0.2, -0.15) is 0 Å². The van der Waals surface area contributed by atoms with Crippen LogP contribution in [0.15, 0.2) is 24.3 Å². The maximum Gasteiger partial charge on any atom is 0.323 e. The fourth-order valence-electron chi connectivity index (χ4n) is 1.85. The summed E-state index contributed by atoms with van der Waals surface area (Å²) in [5, 5.41) is 8.88. The maximum absolute atomic E-state index is 12.1. The van der Waals surface area contributed by atoms with Crippen LogP contribution in [0.1, 0.15) is 6.92 Å². The number of amides is 1. The summed E-state index contributed by atoms with van der Waals surface area (Å²) in [6, 6.07) is 5.92. The second kappa shape index (κ2) is 4.66. The molecule has 6 heteroatoms. The van der Waals surface area contributed by atoms with Crippen molar-refractivity contribution in [3.05, 3.63) is 24.3 Å². The molecule has 1 unspecified atom stereocenters. The quantitative estimate of drug-likeness (QED) is 0.782. The zero-order valence-electron chi connectivity index (χ0n) is 9.87. The standard InChI is InChI=1S/C12H14N2O4/c1-7-11(13)12(17)14(6-10(15)16)8-4-2-3-5-9(8)18-7/h2-5,7,11H,6,13H2,1H3,(H,15,16)/t7-,11?/m0/s1. The van der Waals surface area contributed by atoms with Crippen LogP contribution in [0, 0.1) is 0 Å². The van der Waals surface area contributed by atoms with Crippen LogP contribution in [0.25, 0.3) is 0 Å². The average Bonchev–Trinajstić information content (AvgIpc) is 2.41. The van der Waals surface area contributed by atoms with Crippen LogP contribution >= 0.6 is 0 Å². The molecule has 1 aromatic rings. The highest BCUT2D eigenvalue weighted by molar-refractivity contribution is 6.02. The monoisotopic (exact) mass is 250 g/mol. The summed E-state index contributed by atoms with van der Waals surface area (Å²) in [5.41, 5.74) is 6.19. The molecule has 1 aliphatic heterocycles. The number of ether oxygens (including phenoxy) is 1. The lowest BCUT2D eigenvalue weighted by Crippen LogP contribution is -2.50. The number of hydrogen-bond acceptors (Lipinski definition) is 4. The van der Waals surface area contributed by atoms with Gasteiger partial charge in [0.2, 0.25) is 5.91 Å². The van der Waals surface area contributed by atoms with Crippen LogP contribution in [-0.2, 0) is 9.59 Å². The van der Waals surface area contributed by atoms with Crippen LogP contribution in [0.3, 0.4) is 0 Å². The molecule has 3 N–H and O–H groups in total. The van der Waals surface area contributed by atoms with Gasteiger partial charge in [0.15, 0.2) is 0 Å². The van der Waals surface area contributed by atoms with Crippen LogP contribution < -0.4 is 15.4 Å². The number of carbonyl (C=O) groups excluding carboxylic acids is 1. The first kappa shape index (κ1) is 12.4. The molecule has 1 heterocycles. The van der Waals surface area contributed by atoms with Crippen molar-refractivity contribution in [2.75, 3.05) is 11.4 Å². The van der Waals surface area contributed by atoms with E-state index in [9.17, 15) is 9.59 Å².